The Kier molecular flexibility index (Phi) is 4.74. The Morgan fingerprint density at radius 3 is 2.82 bits per heavy atom. The lowest BCUT2D eigenvalue weighted by Gasteiger charge is -2.53. The van der Waals surface area contributed by atoms with Crippen LogP contribution in [0.25, 0.3) is 0 Å². The first-order valence-corrected chi connectivity index (χ1v) is 10.6. The van der Waals surface area contributed by atoms with Gasteiger partial charge in [-0.2, -0.15) is 0 Å². The average molecular weight is 400 g/mol. The highest BCUT2D eigenvalue weighted by molar-refractivity contribution is 6.31. The molecule has 0 radical (unpaired) electrons. The van der Waals surface area contributed by atoms with E-state index in [1.807, 2.05) is 24.3 Å². The van der Waals surface area contributed by atoms with E-state index in [2.05, 4.69) is 23.1 Å². The molecular formula is C23H26ClNO3. The van der Waals surface area contributed by atoms with Crippen LogP contribution in [0.3, 0.4) is 0 Å². The van der Waals surface area contributed by atoms with Crippen molar-refractivity contribution in [2.24, 2.45) is 5.92 Å². The van der Waals surface area contributed by atoms with Crippen molar-refractivity contribution in [3.63, 3.8) is 0 Å². The molecule has 2 aromatic carbocycles. The summed E-state index contributed by atoms with van der Waals surface area (Å²) in [4.78, 5) is 2.49. The Hall–Kier alpha value is -1.75. The summed E-state index contributed by atoms with van der Waals surface area (Å²) >= 11 is 6.47. The monoisotopic (exact) mass is 399 g/mol. The number of ether oxygens (including phenoxy) is 2. The fraction of sp³-hybridized carbons (Fsp3) is 0.478. The van der Waals surface area contributed by atoms with E-state index < -0.39 is 5.60 Å². The molecule has 1 aliphatic carbocycles. The Morgan fingerprint density at radius 1 is 1.07 bits per heavy atom. The molecule has 5 heteroatoms. The van der Waals surface area contributed by atoms with E-state index in [9.17, 15) is 5.11 Å². The summed E-state index contributed by atoms with van der Waals surface area (Å²) in [5, 5.41) is 12.2. The highest BCUT2D eigenvalue weighted by atomic mass is 35.5. The molecule has 0 spiro atoms. The van der Waals surface area contributed by atoms with Gasteiger partial charge in [0.05, 0.1) is 5.60 Å². The summed E-state index contributed by atoms with van der Waals surface area (Å²) < 4.78 is 11.1. The van der Waals surface area contributed by atoms with E-state index >= 15 is 0 Å². The van der Waals surface area contributed by atoms with Crippen molar-refractivity contribution >= 4 is 11.6 Å². The Labute approximate surface area is 171 Å². The molecule has 148 valence electrons. The minimum absolute atomic E-state index is 0.143. The number of benzene rings is 2. The summed E-state index contributed by atoms with van der Waals surface area (Å²) in [6.07, 6.45) is 5.07. The molecule has 1 saturated heterocycles. The number of nitrogens with zero attached hydrogens (tertiary/aromatic N) is 1. The SMILES string of the molecule is O[C@]12CCCC[C@@H]1[C@H](c1ccc3c(c1)OCO3)N(Cc1ccccc1Cl)CC2. The number of halogens is 1. The first-order chi connectivity index (χ1) is 13.6. The van der Waals surface area contributed by atoms with E-state index in [4.69, 9.17) is 21.1 Å². The summed E-state index contributed by atoms with van der Waals surface area (Å²) in [5.74, 6) is 1.83. The zero-order valence-electron chi connectivity index (χ0n) is 15.9. The first-order valence-electron chi connectivity index (χ1n) is 10.2. The number of rotatable bonds is 3. The molecule has 2 fully saturated rings. The predicted octanol–water partition coefficient (Wildman–Crippen LogP) is 4.94. The molecule has 28 heavy (non-hydrogen) atoms. The molecule has 4 nitrogen and oxygen atoms in total. The highest BCUT2D eigenvalue weighted by Crippen LogP contribution is 2.50. The molecule has 5 rings (SSSR count). The number of aliphatic hydroxyl groups is 1. The zero-order valence-corrected chi connectivity index (χ0v) is 16.7. The predicted molar refractivity (Wildman–Crippen MR) is 109 cm³/mol. The quantitative estimate of drug-likeness (QED) is 0.794. The van der Waals surface area contributed by atoms with Crippen molar-refractivity contribution in [3.8, 4) is 11.5 Å². The fourth-order valence-corrected chi connectivity index (χ4v) is 5.50. The summed E-state index contributed by atoms with van der Waals surface area (Å²) in [7, 11) is 0. The molecule has 1 N–H and O–H groups in total. The molecular weight excluding hydrogens is 374 g/mol. The van der Waals surface area contributed by atoms with Gasteiger partial charge in [0.2, 0.25) is 6.79 Å². The fourth-order valence-electron chi connectivity index (χ4n) is 5.31. The third kappa shape index (κ3) is 3.18. The van der Waals surface area contributed by atoms with Crippen molar-refractivity contribution in [1.82, 2.24) is 4.90 Å². The van der Waals surface area contributed by atoms with E-state index in [0.29, 0.717) is 0 Å². The van der Waals surface area contributed by atoms with Gasteiger partial charge in [-0.1, -0.05) is 48.7 Å². The van der Waals surface area contributed by atoms with E-state index in [-0.39, 0.29) is 18.8 Å². The molecule has 0 aromatic heterocycles. The van der Waals surface area contributed by atoms with Crippen LogP contribution in [0, 0.1) is 5.92 Å². The van der Waals surface area contributed by atoms with Crippen LogP contribution in [0.1, 0.15) is 49.3 Å². The maximum Gasteiger partial charge on any atom is 0.231 e. The van der Waals surface area contributed by atoms with Gasteiger partial charge < -0.3 is 14.6 Å². The van der Waals surface area contributed by atoms with Gasteiger partial charge >= 0.3 is 0 Å². The molecule has 3 atom stereocenters. The standard InChI is InChI=1S/C23H26ClNO3/c24-19-7-2-1-5-17(19)14-25-12-11-23(26)10-4-3-6-18(23)22(25)16-8-9-20-21(13-16)28-15-27-20/h1-2,5,7-9,13,18,22,26H,3-4,6,10-12,14-15H2/t18-,22+,23+/m1/s1. The van der Waals surface area contributed by atoms with Gasteiger partial charge in [-0.15, -0.1) is 0 Å². The lowest BCUT2D eigenvalue weighted by Crippen LogP contribution is -2.54. The largest absolute Gasteiger partial charge is 0.454 e. The van der Waals surface area contributed by atoms with Crippen LogP contribution in [0.4, 0.5) is 0 Å². The lowest BCUT2D eigenvalue weighted by molar-refractivity contribution is -0.126. The zero-order chi connectivity index (χ0) is 19.1. The summed E-state index contributed by atoms with van der Waals surface area (Å²) in [5.41, 5.74) is 1.76. The molecule has 1 saturated carbocycles. The van der Waals surface area contributed by atoms with Crippen molar-refractivity contribution in [1.29, 1.82) is 0 Å². The minimum Gasteiger partial charge on any atom is -0.454 e. The van der Waals surface area contributed by atoms with E-state index in [1.54, 1.807) is 0 Å². The normalized spacial score (nSPS) is 29.5. The number of hydrogen-bond acceptors (Lipinski definition) is 4. The molecule has 3 aliphatic rings. The van der Waals surface area contributed by atoms with Crippen LogP contribution < -0.4 is 9.47 Å². The van der Waals surface area contributed by atoms with Crippen molar-refractivity contribution < 1.29 is 14.6 Å². The van der Waals surface area contributed by atoms with Gasteiger partial charge in [0.1, 0.15) is 0 Å². The van der Waals surface area contributed by atoms with Gasteiger partial charge in [0, 0.05) is 30.1 Å². The van der Waals surface area contributed by atoms with Crippen molar-refractivity contribution in [3.05, 3.63) is 58.6 Å². The van der Waals surface area contributed by atoms with Crippen LogP contribution in [0.15, 0.2) is 42.5 Å². The van der Waals surface area contributed by atoms with Gasteiger partial charge in [-0.25, -0.2) is 0 Å². The summed E-state index contributed by atoms with van der Waals surface area (Å²) in [6, 6.07) is 14.4. The minimum atomic E-state index is -0.573. The summed E-state index contributed by atoms with van der Waals surface area (Å²) in [6.45, 7) is 1.92. The van der Waals surface area contributed by atoms with Crippen LogP contribution in [0.5, 0.6) is 11.5 Å². The van der Waals surface area contributed by atoms with E-state index in [1.165, 1.54) is 12.0 Å². The Bertz CT molecular complexity index is 873. The van der Waals surface area contributed by atoms with E-state index in [0.717, 1.165) is 60.9 Å². The second-order valence-electron chi connectivity index (χ2n) is 8.33. The first kappa shape index (κ1) is 18.3. The maximum absolute atomic E-state index is 11.4. The second-order valence-corrected chi connectivity index (χ2v) is 8.73. The van der Waals surface area contributed by atoms with Crippen molar-refractivity contribution in [2.45, 2.75) is 50.3 Å². The second kappa shape index (κ2) is 7.25. The van der Waals surface area contributed by atoms with Crippen molar-refractivity contribution in [2.75, 3.05) is 13.3 Å². The third-order valence-electron chi connectivity index (χ3n) is 6.74. The molecule has 2 heterocycles. The molecule has 2 aromatic rings. The molecule has 0 unspecified atom stereocenters. The Balaban J connectivity index is 1.53. The highest BCUT2D eigenvalue weighted by Gasteiger charge is 2.49. The molecule has 0 bridgehead atoms. The van der Waals surface area contributed by atoms with Gasteiger partial charge in [-0.05, 0) is 48.6 Å². The van der Waals surface area contributed by atoms with Crippen LogP contribution >= 0.6 is 11.6 Å². The van der Waals surface area contributed by atoms with Crippen LogP contribution in [-0.4, -0.2) is 28.9 Å². The molecule has 2 aliphatic heterocycles. The molecule has 0 amide bonds. The third-order valence-corrected chi connectivity index (χ3v) is 7.11. The lowest BCUT2D eigenvalue weighted by atomic mass is 9.66. The van der Waals surface area contributed by atoms with Gasteiger partial charge in [0.15, 0.2) is 11.5 Å². The number of likely N-dealkylation sites (tertiary alicyclic amines) is 1. The topological polar surface area (TPSA) is 41.9 Å². The van der Waals surface area contributed by atoms with Gasteiger partial charge in [0.25, 0.3) is 0 Å². The number of hydrogen-bond donors (Lipinski definition) is 1. The smallest absolute Gasteiger partial charge is 0.231 e. The van der Waals surface area contributed by atoms with Gasteiger partial charge in [-0.3, -0.25) is 4.90 Å². The Morgan fingerprint density at radius 2 is 1.93 bits per heavy atom. The number of piperidine rings is 1. The maximum atomic E-state index is 11.4. The van der Waals surface area contributed by atoms with Crippen LogP contribution in [-0.2, 0) is 6.54 Å². The van der Waals surface area contributed by atoms with Crippen LogP contribution in [0.2, 0.25) is 5.02 Å². The average Bonchev–Trinajstić information content (AvgIpc) is 3.17. The number of fused-ring (bicyclic) bond motifs is 2.